The summed E-state index contributed by atoms with van der Waals surface area (Å²) in [5.41, 5.74) is 0.456. The second-order valence-electron chi connectivity index (χ2n) is 12.7. The van der Waals surface area contributed by atoms with Crippen molar-refractivity contribution < 1.29 is 23.4 Å². The van der Waals surface area contributed by atoms with Crippen LogP contribution in [-0.4, -0.2) is 71.4 Å². The molecular weight excluding hydrogens is 611 g/mol. The molecule has 219 valence electrons. The molecule has 0 saturated carbocycles. The standard InChI is InChI=1S/C33H37N2O5SeSi/c1-22-17-19-23(20-18-22)35-29(36)33(34-30(35)41)26(38-28-27(33)39-32(5,6)40-28)21-37-42(31(2,3)4,24-13-9-7-10-14-24)25-15-11-8-12-16-25/h7-20,26-28H,21H2,1-6H3/t26-,27-,28+,33+/m1/s1. The van der Waals surface area contributed by atoms with Gasteiger partial charge in [-0.15, -0.1) is 0 Å². The zero-order chi connectivity index (χ0) is 29.9. The number of benzene rings is 3. The molecule has 6 rings (SSSR count). The number of aryl methyl sites for hydroxylation is 1. The van der Waals surface area contributed by atoms with Gasteiger partial charge in [-0.05, 0) is 0 Å². The van der Waals surface area contributed by atoms with Crippen LogP contribution in [0.4, 0.5) is 5.69 Å². The summed E-state index contributed by atoms with van der Waals surface area (Å²) >= 11 is 3.02. The summed E-state index contributed by atoms with van der Waals surface area (Å²) in [6.07, 6.45) is -2.23. The van der Waals surface area contributed by atoms with E-state index in [9.17, 15) is 4.79 Å². The Bertz CT molecular complexity index is 1450. The molecule has 42 heavy (non-hydrogen) atoms. The van der Waals surface area contributed by atoms with Gasteiger partial charge in [-0.3, -0.25) is 0 Å². The van der Waals surface area contributed by atoms with E-state index in [0.29, 0.717) is 4.73 Å². The van der Waals surface area contributed by atoms with Gasteiger partial charge in [0, 0.05) is 0 Å². The van der Waals surface area contributed by atoms with Gasteiger partial charge in [0.05, 0.1) is 0 Å². The third-order valence-electron chi connectivity index (χ3n) is 8.46. The number of carbonyl (C=O) groups is 1. The SMILES string of the molecule is Cc1ccc(N2C(=O)[C@@]3(N=C2[Se])[C@@H]2OC(C)(C)O[C@@H]2O[C@@H]3CO[Si](c2ccccc2)(c2ccccc2)C(C)(C)C)cc1. The summed E-state index contributed by atoms with van der Waals surface area (Å²) in [5.74, 6) is -1.14. The van der Waals surface area contributed by atoms with Crippen LogP contribution in [0.25, 0.3) is 0 Å². The first-order valence-corrected chi connectivity index (χ1v) is 17.1. The van der Waals surface area contributed by atoms with E-state index in [1.54, 1.807) is 4.90 Å². The third kappa shape index (κ3) is 4.63. The van der Waals surface area contributed by atoms with Gasteiger partial charge in [-0.1, -0.05) is 0 Å². The van der Waals surface area contributed by atoms with Crippen molar-refractivity contribution in [1.82, 2.24) is 0 Å². The van der Waals surface area contributed by atoms with Crippen LogP contribution in [0, 0.1) is 6.92 Å². The molecule has 3 aromatic rings. The van der Waals surface area contributed by atoms with Crippen molar-refractivity contribution in [2.24, 2.45) is 4.99 Å². The summed E-state index contributed by atoms with van der Waals surface area (Å²) < 4.78 is 26.8. The van der Waals surface area contributed by atoms with Gasteiger partial charge < -0.3 is 0 Å². The number of fused-ring (bicyclic) bond motifs is 2. The van der Waals surface area contributed by atoms with Crippen LogP contribution in [0.15, 0.2) is 89.9 Å². The number of anilines is 1. The van der Waals surface area contributed by atoms with Gasteiger partial charge in [0.15, 0.2) is 0 Å². The molecule has 0 unspecified atom stereocenters. The van der Waals surface area contributed by atoms with Crippen LogP contribution in [0.5, 0.6) is 0 Å². The Morgan fingerprint density at radius 2 is 1.50 bits per heavy atom. The first-order valence-electron chi connectivity index (χ1n) is 14.3. The van der Waals surface area contributed by atoms with Crippen LogP contribution >= 0.6 is 0 Å². The molecule has 1 radical (unpaired) electrons. The van der Waals surface area contributed by atoms with E-state index in [4.69, 9.17) is 23.6 Å². The number of carbonyl (C=O) groups excluding carboxylic acids is 1. The number of amidine groups is 1. The maximum absolute atomic E-state index is 14.6. The van der Waals surface area contributed by atoms with Crippen LogP contribution < -0.4 is 15.3 Å². The van der Waals surface area contributed by atoms with Crippen molar-refractivity contribution in [3.8, 4) is 0 Å². The van der Waals surface area contributed by atoms with Crippen LogP contribution in [-0.2, 0) is 23.4 Å². The van der Waals surface area contributed by atoms with Gasteiger partial charge in [0.2, 0.25) is 0 Å². The zero-order valence-corrected chi connectivity index (χ0v) is 27.6. The summed E-state index contributed by atoms with van der Waals surface area (Å²) in [5, 5.41) is 2.06. The van der Waals surface area contributed by atoms with Crippen molar-refractivity contribution in [3.63, 3.8) is 0 Å². The predicted octanol–water partition coefficient (Wildman–Crippen LogP) is 4.06. The average molecular weight is 649 g/mol. The molecule has 3 aromatic carbocycles. The molecule has 3 aliphatic rings. The number of aliphatic imine (C=N–C) groups is 1. The molecule has 0 bridgehead atoms. The summed E-state index contributed by atoms with van der Waals surface area (Å²) in [6, 6.07) is 28.7. The summed E-state index contributed by atoms with van der Waals surface area (Å²) in [4.78, 5) is 21.2. The fourth-order valence-electron chi connectivity index (χ4n) is 6.54. The molecule has 4 atom stereocenters. The molecule has 9 heteroatoms. The topological polar surface area (TPSA) is 69.6 Å². The van der Waals surface area contributed by atoms with E-state index in [0.717, 1.165) is 21.6 Å². The number of hydrogen-bond acceptors (Lipinski definition) is 6. The van der Waals surface area contributed by atoms with Crippen LogP contribution in [0.3, 0.4) is 0 Å². The second kappa shape index (κ2) is 10.5. The molecule has 7 nitrogen and oxygen atoms in total. The van der Waals surface area contributed by atoms with E-state index in [1.165, 1.54) is 0 Å². The van der Waals surface area contributed by atoms with Crippen molar-refractivity contribution in [1.29, 1.82) is 0 Å². The Kier molecular flexibility index (Phi) is 7.38. The molecular formula is C33H37N2O5SeSi. The van der Waals surface area contributed by atoms with E-state index in [-0.39, 0.29) is 17.6 Å². The monoisotopic (exact) mass is 649 g/mol. The summed E-state index contributed by atoms with van der Waals surface area (Å²) in [7, 11) is -2.92. The molecule has 3 aliphatic heterocycles. The Hall–Kier alpha value is -2.62. The first kappa shape index (κ1) is 29.4. The Morgan fingerprint density at radius 3 is 2.05 bits per heavy atom. The van der Waals surface area contributed by atoms with Gasteiger partial charge in [-0.2, -0.15) is 0 Å². The molecule has 3 heterocycles. The van der Waals surface area contributed by atoms with Crippen molar-refractivity contribution in [2.75, 3.05) is 11.5 Å². The number of ether oxygens (including phenoxy) is 3. The van der Waals surface area contributed by atoms with Crippen LogP contribution in [0.2, 0.25) is 5.04 Å². The van der Waals surface area contributed by atoms with Gasteiger partial charge in [0.1, 0.15) is 0 Å². The molecule has 2 saturated heterocycles. The number of nitrogens with zero attached hydrogens (tertiary/aromatic N) is 2. The van der Waals surface area contributed by atoms with Crippen molar-refractivity contribution in [3.05, 3.63) is 90.5 Å². The van der Waals surface area contributed by atoms with Gasteiger partial charge in [0.25, 0.3) is 0 Å². The zero-order valence-electron chi connectivity index (χ0n) is 24.9. The fraction of sp³-hybridized carbons (Fsp3) is 0.394. The normalized spacial score (nSPS) is 27.0. The van der Waals surface area contributed by atoms with E-state index >= 15 is 0 Å². The number of amides is 1. The quantitative estimate of drug-likeness (QED) is 0.378. The Morgan fingerprint density at radius 1 is 0.929 bits per heavy atom. The minimum atomic E-state index is -2.92. The minimum absolute atomic E-state index is 0.137. The molecule has 2 fully saturated rings. The molecule has 1 spiro atoms. The molecule has 1 amide bonds. The van der Waals surface area contributed by atoms with Crippen LogP contribution in [0.1, 0.15) is 40.2 Å². The third-order valence-corrected chi connectivity index (χ3v) is 14.0. The average Bonchev–Trinajstić information content (AvgIpc) is 3.51. The molecule has 0 N–H and O–H groups in total. The van der Waals surface area contributed by atoms with E-state index in [1.807, 2.05) is 57.2 Å². The first-order chi connectivity index (χ1) is 19.9. The van der Waals surface area contributed by atoms with Gasteiger partial charge >= 0.3 is 258 Å². The summed E-state index contributed by atoms with van der Waals surface area (Å²) in [6.45, 7) is 12.5. The number of rotatable bonds is 6. The molecule has 0 aliphatic carbocycles. The fourth-order valence-corrected chi connectivity index (χ4v) is 11.8. The number of hydrogen-bond donors (Lipinski definition) is 0. The second-order valence-corrected chi connectivity index (χ2v) is 17.8. The van der Waals surface area contributed by atoms with E-state index in [2.05, 4.69) is 85.3 Å². The van der Waals surface area contributed by atoms with Gasteiger partial charge in [-0.25, -0.2) is 0 Å². The van der Waals surface area contributed by atoms with Crippen molar-refractivity contribution >= 4 is 51.0 Å². The Labute approximate surface area is 257 Å². The maximum atomic E-state index is 14.6. The van der Waals surface area contributed by atoms with Crippen molar-refractivity contribution in [2.45, 2.75) is 76.4 Å². The molecule has 0 aromatic heterocycles. The Balaban J connectivity index is 1.43. The van der Waals surface area contributed by atoms with E-state index < -0.39 is 38.1 Å². The predicted molar refractivity (Wildman–Crippen MR) is 167 cm³/mol.